The number of hydrogen-bond donors (Lipinski definition) is 2. The van der Waals surface area contributed by atoms with Crippen LogP contribution in [0.2, 0.25) is 0 Å². The van der Waals surface area contributed by atoms with Gasteiger partial charge in [0.1, 0.15) is 0 Å². The lowest BCUT2D eigenvalue weighted by Crippen LogP contribution is -2.31. The van der Waals surface area contributed by atoms with Gasteiger partial charge in [0.2, 0.25) is 5.91 Å². The van der Waals surface area contributed by atoms with Crippen molar-refractivity contribution in [2.24, 2.45) is 0 Å². The summed E-state index contributed by atoms with van der Waals surface area (Å²) in [7, 11) is 0. The number of amides is 1. The van der Waals surface area contributed by atoms with Gasteiger partial charge < -0.3 is 10.6 Å². The number of halogens is 1. The van der Waals surface area contributed by atoms with E-state index >= 15 is 0 Å². The van der Waals surface area contributed by atoms with Crippen LogP contribution < -0.4 is 10.6 Å². The number of rotatable bonds is 7. The maximum atomic E-state index is 12.3. The maximum absolute atomic E-state index is 12.3. The van der Waals surface area contributed by atoms with E-state index in [1.807, 2.05) is 29.6 Å². The lowest BCUT2D eigenvalue weighted by atomic mass is 10.0. The molecule has 1 amide bonds. The van der Waals surface area contributed by atoms with E-state index in [1.54, 1.807) is 0 Å². The fourth-order valence-corrected chi connectivity index (χ4v) is 3.76. The number of aromatic nitrogens is 1. The first-order valence-corrected chi connectivity index (χ1v) is 10.5. The molecule has 0 aliphatic carbocycles. The molecule has 0 spiro atoms. The van der Waals surface area contributed by atoms with Crippen LogP contribution in [0.5, 0.6) is 0 Å². The van der Waals surface area contributed by atoms with E-state index in [4.69, 9.17) is 0 Å². The number of hydrogen-bond acceptors (Lipinski definition) is 4. The van der Waals surface area contributed by atoms with Gasteiger partial charge in [-0.3, -0.25) is 4.79 Å². The lowest BCUT2D eigenvalue weighted by molar-refractivity contribution is -0.115. The summed E-state index contributed by atoms with van der Waals surface area (Å²) in [5.41, 5.74) is 4.32. The van der Waals surface area contributed by atoms with Crippen LogP contribution >= 0.6 is 27.3 Å². The molecule has 6 heteroatoms. The van der Waals surface area contributed by atoms with Crippen molar-refractivity contribution in [1.82, 2.24) is 10.3 Å². The Morgan fingerprint density at radius 2 is 1.85 bits per heavy atom. The largest absolute Gasteiger partial charge is 0.301 e. The SMILES string of the molecule is CC[C@H](NCC(=O)Nc1nc(-c2ccc(Br)cc2)cs1)c1ccc(C)cc1. The molecular weight excluding hydrogens is 422 g/mol. The summed E-state index contributed by atoms with van der Waals surface area (Å²) in [6.07, 6.45) is 0.918. The molecule has 0 aliphatic rings. The third-order valence-electron chi connectivity index (χ3n) is 4.29. The molecule has 3 rings (SSSR count). The Bertz CT molecular complexity index is 891. The first-order chi connectivity index (χ1) is 13.0. The van der Waals surface area contributed by atoms with E-state index < -0.39 is 0 Å². The number of nitrogens with zero attached hydrogens (tertiary/aromatic N) is 1. The van der Waals surface area contributed by atoms with Gasteiger partial charge >= 0.3 is 0 Å². The molecule has 3 aromatic rings. The minimum absolute atomic E-state index is 0.0859. The van der Waals surface area contributed by atoms with Crippen LogP contribution in [0.3, 0.4) is 0 Å². The Balaban J connectivity index is 1.56. The predicted octanol–water partition coefficient (Wildman–Crippen LogP) is 5.56. The van der Waals surface area contributed by atoms with Crippen molar-refractivity contribution in [1.29, 1.82) is 0 Å². The second kappa shape index (κ2) is 9.26. The average molecular weight is 444 g/mol. The molecule has 0 saturated heterocycles. The number of anilines is 1. The van der Waals surface area contributed by atoms with Gasteiger partial charge in [-0.05, 0) is 31.0 Å². The number of nitrogens with one attached hydrogen (secondary N) is 2. The van der Waals surface area contributed by atoms with Crippen molar-refractivity contribution in [3.8, 4) is 11.3 Å². The third kappa shape index (κ3) is 5.48. The topological polar surface area (TPSA) is 54.0 Å². The van der Waals surface area contributed by atoms with Crippen LogP contribution in [0.15, 0.2) is 58.4 Å². The van der Waals surface area contributed by atoms with Crippen molar-refractivity contribution >= 4 is 38.3 Å². The van der Waals surface area contributed by atoms with Crippen molar-refractivity contribution in [2.75, 3.05) is 11.9 Å². The van der Waals surface area contributed by atoms with Gasteiger partial charge in [0.15, 0.2) is 5.13 Å². The van der Waals surface area contributed by atoms with Crippen LogP contribution in [0, 0.1) is 6.92 Å². The Hall–Kier alpha value is -2.02. The summed E-state index contributed by atoms with van der Waals surface area (Å²) in [5, 5.41) is 8.78. The predicted molar refractivity (Wildman–Crippen MR) is 116 cm³/mol. The van der Waals surface area contributed by atoms with E-state index in [2.05, 4.69) is 69.7 Å². The average Bonchev–Trinajstić information content (AvgIpc) is 3.12. The van der Waals surface area contributed by atoms with Gasteiger partial charge in [-0.2, -0.15) is 0 Å². The zero-order chi connectivity index (χ0) is 19.2. The van der Waals surface area contributed by atoms with Gasteiger partial charge in [-0.25, -0.2) is 4.98 Å². The summed E-state index contributed by atoms with van der Waals surface area (Å²) in [6.45, 7) is 4.43. The molecule has 27 heavy (non-hydrogen) atoms. The van der Waals surface area contributed by atoms with Gasteiger partial charge in [0, 0.05) is 21.5 Å². The molecule has 2 aromatic carbocycles. The van der Waals surface area contributed by atoms with Crippen LogP contribution in [0.25, 0.3) is 11.3 Å². The smallest absolute Gasteiger partial charge is 0.240 e. The molecule has 1 heterocycles. The molecule has 0 unspecified atom stereocenters. The molecule has 0 bridgehead atoms. The minimum atomic E-state index is -0.0859. The second-order valence-electron chi connectivity index (χ2n) is 6.35. The second-order valence-corrected chi connectivity index (χ2v) is 8.12. The Morgan fingerprint density at radius 1 is 1.15 bits per heavy atom. The zero-order valence-corrected chi connectivity index (χ0v) is 17.7. The summed E-state index contributed by atoms with van der Waals surface area (Å²) in [6, 6.07) is 16.5. The number of aryl methyl sites for hydroxylation is 1. The standard InChI is InChI=1S/C21H22BrN3OS/c1-3-18(15-6-4-14(2)5-7-15)23-12-20(26)25-21-24-19(13-27-21)16-8-10-17(22)11-9-16/h4-11,13,18,23H,3,12H2,1-2H3,(H,24,25,26)/t18-/m0/s1. The normalized spacial score (nSPS) is 12.0. The Labute approximate surface area is 172 Å². The summed E-state index contributed by atoms with van der Waals surface area (Å²) in [4.78, 5) is 16.8. The summed E-state index contributed by atoms with van der Waals surface area (Å²) in [5.74, 6) is -0.0859. The highest BCUT2D eigenvalue weighted by atomic mass is 79.9. The molecule has 4 nitrogen and oxygen atoms in total. The van der Waals surface area contributed by atoms with E-state index in [-0.39, 0.29) is 18.5 Å². The summed E-state index contributed by atoms with van der Waals surface area (Å²) >= 11 is 4.86. The van der Waals surface area contributed by atoms with Crippen LogP contribution in [-0.4, -0.2) is 17.4 Å². The van der Waals surface area contributed by atoms with Gasteiger partial charge in [-0.15, -0.1) is 11.3 Å². The minimum Gasteiger partial charge on any atom is -0.301 e. The van der Waals surface area contributed by atoms with Crippen LogP contribution in [0.1, 0.15) is 30.5 Å². The van der Waals surface area contributed by atoms with E-state index in [0.717, 1.165) is 22.2 Å². The van der Waals surface area contributed by atoms with Crippen molar-refractivity contribution in [2.45, 2.75) is 26.3 Å². The van der Waals surface area contributed by atoms with Crippen molar-refractivity contribution < 1.29 is 4.79 Å². The fourth-order valence-electron chi connectivity index (χ4n) is 2.76. The molecule has 1 atom stereocenters. The molecular formula is C21H22BrN3OS. The fraction of sp³-hybridized carbons (Fsp3) is 0.238. The maximum Gasteiger partial charge on any atom is 0.240 e. The van der Waals surface area contributed by atoms with E-state index in [1.165, 1.54) is 22.5 Å². The molecule has 0 aliphatic heterocycles. The monoisotopic (exact) mass is 443 g/mol. The first kappa shape index (κ1) is 19.7. The van der Waals surface area contributed by atoms with Crippen molar-refractivity contribution in [3.63, 3.8) is 0 Å². The Kier molecular flexibility index (Phi) is 6.77. The number of carbonyl (C=O) groups excluding carboxylic acids is 1. The molecule has 0 radical (unpaired) electrons. The molecule has 0 saturated carbocycles. The van der Waals surface area contributed by atoms with E-state index in [9.17, 15) is 4.79 Å². The first-order valence-electron chi connectivity index (χ1n) is 8.86. The molecule has 2 N–H and O–H groups in total. The lowest BCUT2D eigenvalue weighted by Gasteiger charge is -2.17. The molecule has 0 fully saturated rings. The third-order valence-corrected chi connectivity index (χ3v) is 5.57. The number of benzene rings is 2. The highest BCUT2D eigenvalue weighted by Gasteiger charge is 2.12. The summed E-state index contributed by atoms with van der Waals surface area (Å²) < 4.78 is 1.03. The van der Waals surface area contributed by atoms with Crippen molar-refractivity contribution in [3.05, 3.63) is 69.5 Å². The Morgan fingerprint density at radius 3 is 2.52 bits per heavy atom. The van der Waals surface area contributed by atoms with Gasteiger partial charge in [0.25, 0.3) is 0 Å². The van der Waals surface area contributed by atoms with Crippen LogP contribution in [0.4, 0.5) is 5.13 Å². The number of thiazole rings is 1. The van der Waals surface area contributed by atoms with E-state index in [0.29, 0.717) is 5.13 Å². The zero-order valence-electron chi connectivity index (χ0n) is 15.3. The highest BCUT2D eigenvalue weighted by molar-refractivity contribution is 9.10. The molecule has 140 valence electrons. The van der Waals surface area contributed by atoms with Crippen LogP contribution in [-0.2, 0) is 4.79 Å². The quantitative estimate of drug-likeness (QED) is 0.502. The highest BCUT2D eigenvalue weighted by Crippen LogP contribution is 2.26. The van der Waals surface area contributed by atoms with Gasteiger partial charge in [-0.1, -0.05) is 64.8 Å². The van der Waals surface area contributed by atoms with Gasteiger partial charge in [0.05, 0.1) is 12.2 Å². The molecule has 1 aromatic heterocycles. The number of carbonyl (C=O) groups is 1.